The average Bonchev–Trinajstić information content (AvgIpc) is 2.15. The zero-order valence-corrected chi connectivity index (χ0v) is 9.72. The van der Waals surface area contributed by atoms with Crippen LogP contribution in [0.3, 0.4) is 0 Å². The third kappa shape index (κ3) is 3.37. The van der Waals surface area contributed by atoms with E-state index >= 15 is 0 Å². The van der Waals surface area contributed by atoms with Gasteiger partial charge in [0.05, 0.1) is 0 Å². The molecule has 76 valence electrons. The normalized spacial score (nSPS) is 17.3. The van der Waals surface area contributed by atoms with Crippen molar-refractivity contribution in [3.05, 3.63) is 46.6 Å². The van der Waals surface area contributed by atoms with Gasteiger partial charge in [0.15, 0.2) is 0 Å². The first-order valence-electron chi connectivity index (χ1n) is 5.28. The standard InChI is InChI=1S/C14H20/c1-11(2)5-8-13(4)14-9-6-12(3)7-10-14/h5-6,8-9H,7,10H2,1-4H3/b13-8+. The molecule has 0 saturated carbocycles. The van der Waals surface area contributed by atoms with Gasteiger partial charge in [-0.15, -0.1) is 0 Å². The van der Waals surface area contributed by atoms with Crippen molar-refractivity contribution in [2.45, 2.75) is 40.5 Å². The summed E-state index contributed by atoms with van der Waals surface area (Å²) in [5.74, 6) is 0. The molecule has 14 heavy (non-hydrogen) atoms. The molecular weight excluding hydrogens is 168 g/mol. The zero-order valence-electron chi connectivity index (χ0n) is 9.72. The molecular formula is C14H20. The largest absolute Gasteiger partial charge is 0.0764 e. The minimum atomic E-state index is 1.20. The van der Waals surface area contributed by atoms with Crippen molar-refractivity contribution in [3.8, 4) is 0 Å². The highest BCUT2D eigenvalue weighted by Gasteiger charge is 2.03. The van der Waals surface area contributed by atoms with Crippen LogP contribution in [-0.2, 0) is 0 Å². The van der Waals surface area contributed by atoms with E-state index in [2.05, 4.69) is 52.0 Å². The Morgan fingerprint density at radius 1 is 1.07 bits per heavy atom. The van der Waals surface area contributed by atoms with Crippen LogP contribution in [0.1, 0.15) is 40.5 Å². The predicted octanol–water partition coefficient (Wildman–Crippen LogP) is 4.57. The van der Waals surface area contributed by atoms with E-state index < -0.39 is 0 Å². The minimum Gasteiger partial charge on any atom is -0.0764 e. The van der Waals surface area contributed by atoms with Gasteiger partial charge in [-0.3, -0.25) is 0 Å². The molecule has 0 N–H and O–H groups in total. The van der Waals surface area contributed by atoms with Crippen molar-refractivity contribution in [1.29, 1.82) is 0 Å². The smallest absolute Gasteiger partial charge is 0.0239 e. The molecule has 0 aromatic carbocycles. The van der Waals surface area contributed by atoms with E-state index in [1.807, 2.05) is 0 Å². The third-order valence-corrected chi connectivity index (χ3v) is 2.53. The van der Waals surface area contributed by atoms with E-state index in [4.69, 9.17) is 0 Å². The van der Waals surface area contributed by atoms with Gasteiger partial charge in [-0.1, -0.05) is 35.5 Å². The Hall–Kier alpha value is -1.04. The summed E-state index contributed by atoms with van der Waals surface area (Å²) in [4.78, 5) is 0. The number of allylic oxidation sites excluding steroid dienone is 8. The summed E-state index contributed by atoms with van der Waals surface area (Å²) in [6.45, 7) is 8.65. The van der Waals surface area contributed by atoms with Crippen molar-refractivity contribution in [2.24, 2.45) is 0 Å². The maximum atomic E-state index is 2.25. The van der Waals surface area contributed by atoms with Gasteiger partial charge in [-0.2, -0.15) is 0 Å². The third-order valence-electron chi connectivity index (χ3n) is 2.53. The van der Waals surface area contributed by atoms with Crippen molar-refractivity contribution in [3.63, 3.8) is 0 Å². The summed E-state index contributed by atoms with van der Waals surface area (Å²) < 4.78 is 0. The van der Waals surface area contributed by atoms with Crippen molar-refractivity contribution >= 4 is 0 Å². The van der Waals surface area contributed by atoms with Gasteiger partial charge in [-0.25, -0.2) is 0 Å². The second-order valence-electron chi connectivity index (χ2n) is 4.30. The Morgan fingerprint density at radius 3 is 2.29 bits per heavy atom. The molecule has 0 fully saturated rings. The van der Waals surface area contributed by atoms with Gasteiger partial charge in [0.2, 0.25) is 0 Å². The lowest BCUT2D eigenvalue weighted by Crippen LogP contribution is -1.92. The van der Waals surface area contributed by atoms with Crippen molar-refractivity contribution < 1.29 is 0 Å². The maximum Gasteiger partial charge on any atom is -0.0239 e. The van der Waals surface area contributed by atoms with E-state index in [9.17, 15) is 0 Å². The van der Waals surface area contributed by atoms with Crippen LogP contribution < -0.4 is 0 Å². The molecule has 0 nitrogen and oxygen atoms in total. The first-order valence-corrected chi connectivity index (χ1v) is 5.28. The summed E-state index contributed by atoms with van der Waals surface area (Å²) in [6, 6.07) is 0. The Morgan fingerprint density at radius 2 is 1.79 bits per heavy atom. The first-order chi connectivity index (χ1) is 6.59. The van der Waals surface area contributed by atoms with Crippen LogP contribution in [0.25, 0.3) is 0 Å². The molecule has 0 aliphatic heterocycles. The van der Waals surface area contributed by atoms with E-state index in [1.54, 1.807) is 0 Å². The molecule has 0 aromatic heterocycles. The molecule has 0 heterocycles. The molecule has 0 bridgehead atoms. The fourth-order valence-corrected chi connectivity index (χ4v) is 1.47. The summed E-state index contributed by atoms with van der Waals surface area (Å²) in [7, 11) is 0. The SMILES string of the molecule is CC(C)=C/C=C(\C)C1=CC=C(C)CC1. The van der Waals surface area contributed by atoms with Gasteiger partial charge in [0.1, 0.15) is 0 Å². The topological polar surface area (TPSA) is 0 Å². The van der Waals surface area contributed by atoms with Crippen LogP contribution in [0.2, 0.25) is 0 Å². The molecule has 1 aliphatic carbocycles. The van der Waals surface area contributed by atoms with E-state index in [0.717, 1.165) is 0 Å². The fraction of sp³-hybridized carbons (Fsp3) is 0.429. The van der Waals surface area contributed by atoms with E-state index in [0.29, 0.717) is 0 Å². The molecule has 0 saturated heterocycles. The summed E-state index contributed by atoms with van der Waals surface area (Å²) in [5.41, 5.74) is 5.72. The van der Waals surface area contributed by atoms with Crippen LogP contribution in [0, 0.1) is 0 Å². The van der Waals surface area contributed by atoms with Gasteiger partial charge < -0.3 is 0 Å². The van der Waals surface area contributed by atoms with Crippen LogP contribution in [0.15, 0.2) is 46.6 Å². The second kappa shape index (κ2) is 4.99. The zero-order chi connectivity index (χ0) is 10.6. The Bertz CT molecular complexity index is 318. The number of hydrogen-bond acceptors (Lipinski definition) is 0. The average molecular weight is 188 g/mol. The molecule has 0 atom stereocenters. The van der Waals surface area contributed by atoms with Crippen LogP contribution >= 0.6 is 0 Å². The summed E-state index contributed by atoms with van der Waals surface area (Å²) >= 11 is 0. The minimum absolute atomic E-state index is 1.20. The lowest BCUT2D eigenvalue weighted by Gasteiger charge is -2.12. The monoisotopic (exact) mass is 188 g/mol. The predicted molar refractivity (Wildman–Crippen MR) is 64.3 cm³/mol. The molecule has 0 radical (unpaired) electrons. The first kappa shape index (κ1) is 11.0. The van der Waals surface area contributed by atoms with E-state index in [-0.39, 0.29) is 0 Å². The highest BCUT2D eigenvalue weighted by molar-refractivity contribution is 5.38. The molecule has 0 aromatic rings. The van der Waals surface area contributed by atoms with Gasteiger partial charge >= 0.3 is 0 Å². The molecule has 1 rings (SSSR count). The Kier molecular flexibility index (Phi) is 3.94. The quantitative estimate of drug-likeness (QED) is 0.557. The highest BCUT2D eigenvalue weighted by atomic mass is 14.1. The summed E-state index contributed by atoms with van der Waals surface area (Å²) in [6.07, 6.45) is 11.3. The fourth-order valence-electron chi connectivity index (χ4n) is 1.47. The van der Waals surface area contributed by atoms with Gasteiger partial charge in [0, 0.05) is 0 Å². The van der Waals surface area contributed by atoms with Crippen LogP contribution in [0.5, 0.6) is 0 Å². The van der Waals surface area contributed by atoms with Crippen LogP contribution in [-0.4, -0.2) is 0 Å². The molecule has 0 unspecified atom stereocenters. The summed E-state index contributed by atoms with van der Waals surface area (Å²) in [5, 5.41) is 0. The van der Waals surface area contributed by atoms with Crippen molar-refractivity contribution in [1.82, 2.24) is 0 Å². The molecule has 0 spiro atoms. The molecule has 0 heteroatoms. The molecule has 0 amide bonds. The number of rotatable bonds is 2. The second-order valence-corrected chi connectivity index (χ2v) is 4.30. The number of hydrogen-bond donors (Lipinski definition) is 0. The lowest BCUT2D eigenvalue weighted by atomic mass is 9.94. The van der Waals surface area contributed by atoms with Gasteiger partial charge in [0.25, 0.3) is 0 Å². The van der Waals surface area contributed by atoms with Gasteiger partial charge in [-0.05, 0) is 51.7 Å². The van der Waals surface area contributed by atoms with Crippen molar-refractivity contribution in [2.75, 3.05) is 0 Å². The lowest BCUT2D eigenvalue weighted by molar-refractivity contribution is 0.912. The van der Waals surface area contributed by atoms with Crippen LogP contribution in [0.4, 0.5) is 0 Å². The Labute approximate surface area is 87.7 Å². The molecule has 1 aliphatic rings. The maximum absolute atomic E-state index is 2.25. The highest BCUT2D eigenvalue weighted by Crippen LogP contribution is 2.23. The van der Waals surface area contributed by atoms with E-state index in [1.165, 1.54) is 35.1 Å². The Balaban J connectivity index is 2.76.